The number of hydrogen-bond donors (Lipinski definition) is 2. The number of hydrogen-bond acceptors (Lipinski definition) is 4. The monoisotopic (exact) mass is 220 g/mol. The highest BCUT2D eigenvalue weighted by atomic mass is 15.2. The van der Waals surface area contributed by atoms with E-state index in [1.807, 2.05) is 13.0 Å². The highest BCUT2D eigenvalue weighted by Crippen LogP contribution is 2.25. The average molecular weight is 220 g/mol. The molecule has 88 valence electrons. The molecule has 1 aliphatic rings. The van der Waals surface area contributed by atoms with Crippen molar-refractivity contribution in [2.45, 2.75) is 38.6 Å². The molecule has 1 fully saturated rings. The van der Waals surface area contributed by atoms with Crippen molar-refractivity contribution in [3.8, 4) is 0 Å². The molecule has 3 N–H and O–H groups in total. The van der Waals surface area contributed by atoms with Gasteiger partial charge in [-0.3, -0.25) is 0 Å². The first-order valence-electron chi connectivity index (χ1n) is 6.05. The molecule has 16 heavy (non-hydrogen) atoms. The predicted molar refractivity (Wildman–Crippen MR) is 65.2 cm³/mol. The van der Waals surface area contributed by atoms with E-state index in [0.29, 0.717) is 12.0 Å². The first-order chi connectivity index (χ1) is 7.79. The fraction of sp³-hybridized carbons (Fsp3) is 0.667. The summed E-state index contributed by atoms with van der Waals surface area (Å²) in [6.45, 7) is 2.79. The first-order valence-corrected chi connectivity index (χ1v) is 6.05. The lowest BCUT2D eigenvalue weighted by molar-refractivity contribution is 0.332. The molecular weight excluding hydrogens is 200 g/mol. The van der Waals surface area contributed by atoms with Gasteiger partial charge in [-0.05, 0) is 43.9 Å². The quantitative estimate of drug-likeness (QED) is 0.814. The number of aromatic nitrogens is 2. The van der Waals surface area contributed by atoms with Crippen LogP contribution in [0, 0.1) is 12.8 Å². The Labute approximate surface area is 96.6 Å². The zero-order valence-electron chi connectivity index (χ0n) is 9.82. The van der Waals surface area contributed by atoms with Gasteiger partial charge in [0.15, 0.2) is 0 Å². The number of rotatable bonds is 3. The largest absolute Gasteiger partial charge is 0.366 e. The van der Waals surface area contributed by atoms with Crippen molar-refractivity contribution in [1.82, 2.24) is 10.2 Å². The third-order valence-electron chi connectivity index (χ3n) is 3.34. The molecular formula is C12H20N4. The van der Waals surface area contributed by atoms with Gasteiger partial charge in [-0.15, -0.1) is 5.10 Å². The van der Waals surface area contributed by atoms with Gasteiger partial charge in [0.05, 0.1) is 6.20 Å². The molecule has 4 heteroatoms. The molecule has 0 spiro atoms. The lowest BCUT2D eigenvalue weighted by Gasteiger charge is -2.31. The van der Waals surface area contributed by atoms with Gasteiger partial charge in [0.1, 0.15) is 5.82 Å². The maximum atomic E-state index is 5.80. The Morgan fingerprint density at radius 3 is 3.00 bits per heavy atom. The number of nitrogens with one attached hydrogen (secondary N) is 1. The second kappa shape index (κ2) is 5.25. The summed E-state index contributed by atoms with van der Waals surface area (Å²) in [4.78, 5) is 0. The summed E-state index contributed by atoms with van der Waals surface area (Å²) in [7, 11) is 0. The van der Waals surface area contributed by atoms with Crippen molar-refractivity contribution in [2.24, 2.45) is 11.7 Å². The van der Waals surface area contributed by atoms with Crippen LogP contribution in [0.5, 0.6) is 0 Å². The standard InChI is InChI=1S/C12H20N4/c1-9-6-12(16-14-8-9)15-11-5-3-2-4-10(11)7-13/h6,8,10-11H,2-5,7,13H2,1H3,(H,15,16). The van der Waals surface area contributed by atoms with E-state index < -0.39 is 0 Å². The minimum absolute atomic E-state index is 0.467. The summed E-state index contributed by atoms with van der Waals surface area (Å²) in [6, 6.07) is 2.50. The van der Waals surface area contributed by atoms with Gasteiger partial charge in [-0.25, -0.2) is 0 Å². The van der Waals surface area contributed by atoms with E-state index in [2.05, 4.69) is 15.5 Å². The Balaban J connectivity index is 2.02. The molecule has 0 aliphatic heterocycles. The van der Waals surface area contributed by atoms with Crippen molar-refractivity contribution in [3.63, 3.8) is 0 Å². The van der Waals surface area contributed by atoms with Crippen molar-refractivity contribution >= 4 is 5.82 Å². The first kappa shape index (κ1) is 11.3. The summed E-state index contributed by atoms with van der Waals surface area (Å²) in [5.41, 5.74) is 6.94. The fourth-order valence-electron chi connectivity index (χ4n) is 2.40. The van der Waals surface area contributed by atoms with Gasteiger partial charge in [0.25, 0.3) is 0 Å². The lowest BCUT2D eigenvalue weighted by atomic mass is 9.84. The Morgan fingerprint density at radius 1 is 1.44 bits per heavy atom. The molecule has 2 rings (SSSR count). The minimum Gasteiger partial charge on any atom is -0.366 e. The molecule has 0 bridgehead atoms. The van der Waals surface area contributed by atoms with Crippen LogP contribution in [0.4, 0.5) is 5.82 Å². The van der Waals surface area contributed by atoms with Crippen molar-refractivity contribution in [3.05, 3.63) is 17.8 Å². The summed E-state index contributed by atoms with van der Waals surface area (Å²) >= 11 is 0. The van der Waals surface area contributed by atoms with E-state index in [4.69, 9.17) is 5.73 Å². The molecule has 1 heterocycles. The smallest absolute Gasteiger partial charge is 0.149 e. The normalized spacial score (nSPS) is 25.4. The molecule has 0 saturated heterocycles. The van der Waals surface area contributed by atoms with Gasteiger partial charge in [0, 0.05) is 6.04 Å². The van der Waals surface area contributed by atoms with E-state index in [1.165, 1.54) is 25.7 Å². The van der Waals surface area contributed by atoms with E-state index in [1.54, 1.807) is 6.20 Å². The van der Waals surface area contributed by atoms with Crippen LogP contribution in [0.2, 0.25) is 0 Å². The summed E-state index contributed by atoms with van der Waals surface area (Å²) < 4.78 is 0. The minimum atomic E-state index is 0.467. The molecule has 1 aromatic rings. The van der Waals surface area contributed by atoms with Crippen molar-refractivity contribution in [2.75, 3.05) is 11.9 Å². The van der Waals surface area contributed by atoms with Crippen molar-refractivity contribution in [1.29, 1.82) is 0 Å². The molecule has 1 aromatic heterocycles. The van der Waals surface area contributed by atoms with Crippen LogP contribution in [0.25, 0.3) is 0 Å². The molecule has 2 unspecified atom stereocenters. The maximum absolute atomic E-state index is 5.80. The summed E-state index contributed by atoms with van der Waals surface area (Å²) in [5.74, 6) is 1.46. The summed E-state index contributed by atoms with van der Waals surface area (Å²) in [6.07, 6.45) is 6.78. The Kier molecular flexibility index (Phi) is 3.72. The Bertz CT molecular complexity index is 340. The molecule has 2 atom stereocenters. The molecule has 0 amide bonds. The van der Waals surface area contributed by atoms with E-state index >= 15 is 0 Å². The number of aryl methyl sites for hydroxylation is 1. The predicted octanol–water partition coefficient (Wildman–Crippen LogP) is 1.71. The topological polar surface area (TPSA) is 63.8 Å². The van der Waals surface area contributed by atoms with Crippen LogP contribution < -0.4 is 11.1 Å². The van der Waals surface area contributed by atoms with Gasteiger partial charge < -0.3 is 11.1 Å². The third kappa shape index (κ3) is 2.70. The van der Waals surface area contributed by atoms with Gasteiger partial charge in [0.2, 0.25) is 0 Å². The molecule has 4 nitrogen and oxygen atoms in total. The average Bonchev–Trinajstić information content (AvgIpc) is 2.30. The van der Waals surface area contributed by atoms with E-state index in [9.17, 15) is 0 Å². The third-order valence-corrected chi connectivity index (χ3v) is 3.34. The molecule has 1 aliphatic carbocycles. The second-order valence-electron chi connectivity index (χ2n) is 4.65. The second-order valence-corrected chi connectivity index (χ2v) is 4.65. The fourth-order valence-corrected chi connectivity index (χ4v) is 2.40. The highest BCUT2D eigenvalue weighted by Gasteiger charge is 2.23. The molecule has 0 aromatic carbocycles. The highest BCUT2D eigenvalue weighted by molar-refractivity contribution is 5.36. The van der Waals surface area contributed by atoms with Gasteiger partial charge in [-0.1, -0.05) is 12.8 Å². The van der Waals surface area contributed by atoms with Crippen LogP contribution in [0.15, 0.2) is 12.3 Å². The SMILES string of the molecule is Cc1cnnc(NC2CCCCC2CN)c1. The number of nitrogens with zero attached hydrogens (tertiary/aromatic N) is 2. The van der Waals surface area contributed by atoms with Gasteiger partial charge >= 0.3 is 0 Å². The Hall–Kier alpha value is -1.16. The van der Waals surface area contributed by atoms with Crippen LogP contribution in [-0.2, 0) is 0 Å². The summed E-state index contributed by atoms with van der Waals surface area (Å²) in [5, 5.41) is 11.5. The Morgan fingerprint density at radius 2 is 2.25 bits per heavy atom. The van der Waals surface area contributed by atoms with Crippen LogP contribution >= 0.6 is 0 Å². The zero-order chi connectivity index (χ0) is 11.4. The van der Waals surface area contributed by atoms with Crippen molar-refractivity contribution < 1.29 is 0 Å². The molecule has 0 radical (unpaired) electrons. The van der Waals surface area contributed by atoms with Crippen LogP contribution in [0.3, 0.4) is 0 Å². The maximum Gasteiger partial charge on any atom is 0.149 e. The number of anilines is 1. The van der Waals surface area contributed by atoms with E-state index in [0.717, 1.165) is 17.9 Å². The van der Waals surface area contributed by atoms with E-state index in [-0.39, 0.29) is 0 Å². The van der Waals surface area contributed by atoms with Crippen LogP contribution in [0.1, 0.15) is 31.2 Å². The molecule has 1 saturated carbocycles. The number of nitrogens with two attached hydrogens (primary N) is 1. The van der Waals surface area contributed by atoms with Crippen LogP contribution in [-0.4, -0.2) is 22.8 Å². The van der Waals surface area contributed by atoms with Gasteiger partial charge in [-0.2, -0.15) is 5.10 Å². The zero-order valence-corrected chi connectivity index (χ0v) is 9.82. The lowest BCUT2D eigenvalue weighted by Crippen LogP contribution is -2.37.